The first-order valence-corrected chi connectivity index (χ1v) is 7.43. The molecule has 0 unspecified atom stereocenters. The maximum absolute atomic E-state index is 13.8. The normalized spacial score (nSPS) is 10.9. The van der Waals surface area contributed by atoms with Gasteiger partial charge in [0.15, 0.2) is 0 Å². The third kappa shape index (κ3) is 3.53. The molecule has 2 rings (SSSR count). The molecular weight excluding hydrogens is 283 g/mol. The lowest BCUT2D eigenvalue weighted by Gasteiger charge is -2.00. The van der Waals surface area contributed by atoms with Crippen LogP contribution >= 0.6 is 22.9 Å². The molecule has 19 heavy (non-hydrogen) atoms. The van der Waals surface area contributed by atoms with E-state index in [0.29, 0.717) is 15.6 Å². The number of halogens is 2. The summed E-state index contributed by atoms with van der Waals surface area (Å²) in [5.74, 6) is -0.286. The van der Waals surface area contributed by atoms with Gasteiger partial charge in [-0.2, -0.15) is 0 Å². The molecule has 1 aromatic carbocycles. The third-order valence-corrected chi connectivity index (χ3v) is 4.19. The molecule has 2 aromatic rings. The monoisotopic (exact) mass is 298 g/mol. The summed E-state index contributed by atoms with van der Waals surface area (Å²) in [6.45, 7) is 5.82. The van der Waals surface area contributed by atoms with Crippen molar-refractivity contribution in [3.8, 4) is 10.6 Å². The molecular formula is C14H16ClFN2S. The Labute approximate surface area is 121 Å². The highest BCUT2D eigenvalue weighted by atomic mass is 35.5. The van der Waals surface area contributed by atoms with E-state index < -0.39 is 0 Å². The van der Waals surface area contributed by atoms with Crippen molar-refractivity contribution < 1.29 is 4.39 Å². The number of hydrogen-bond acceptors (Lipinski definition) is 3. The zero-order chi connectivity index (χ0) is 13.8. The predicted molar refractivity (Wildman–Crippen MR) is 79.3 cm³/mol. The second-order valence-corrected chi connectivity index (χ2v) is 5.85. The van der Waals surface area contributed by atoms with Gasteiger partial charge in [0.05, 0.1) is 5.69 Å². The number of hydrogen-bond donors (Lipinski definition) is 1. The summed E-state index contributed by atoms with van der Waals surface area (Å²) in [5, 5.41) is 4.54. The van der Waals surface area contributed by atoms with Crippen LogP contribution in [0.3, 0.4) is 0 Å². The molecule has 0 saturated carbocycles. The minimum atomic E-state index is -0.286. The molecule has 2 nitrogen and oxygen atoms in total. The van der Waals surface area contributed by atoms with Crippen LogP contribution in [0.4, 0.5) is 4.39 Å². The van der Waals surface area contributed by atoms with Crippen molar-refractivity contribution >= 4 is 22.9 Å². The Hall–Kier alpha value is -0.970. The highest BCUT2D eigenvalue weighted by Gasteiger charge is 2.13. The van der Waals surface area contributed by atoms with Crippen LogP contribution in [0, 0.1) is 12.7 Å². The summed E-state index contributed by atoms with van der Waals surface area (Å²) in [7, 11) is 0. The standard InChI is InChI=1S/C14H16ClFN2S/c1-3-6-17-8-13-9(2)18-14(19-13)11-7-10(15)4-5-12(11)16/h4-5,7,17H,3,6,8H2,1-2H3. The molecule has 0 radical (unpaired) electrons. The lowest BCUT2D eigenvalue weighted by atomic mass is 10.2. The number of nitrogens with one attached hydrogen (secondary N) is 1. The lowest BCUT2D eigenvalue weighted by molar-refractivity contribution is 0.631. The highest BCUT2D eigenvalue weighted by Crippen LogP contribution is 2.31. The van der Waals surface area contributed by atoms with Gasteiger partial charge in [0.2, 0.25) is 0 Å². The fraction of sp³-hybridized carbons (Fsp3) is 0.357. The Bertz CT molecular complexity index is 569. The summed E-state index contributed by atoms with van der Waals surface area (Å²) >= 11 is 7.43. The fourth-order valence-electron chi connectivity index (χ4n) is 1.75. The third-order valence-electron chi connectivity index (χ3n) is 2.76. The predicted octanol–water partition coefficient (Wildman–Crippen LogP) is 4.41. The Morgan fingerprint density at radius 1 is 1.42 bits per heavy atom. The first kappa shape index (κ1) is 14.4. The molecule has 1 N–H and O–H groups in total. The Kier molecular flexibility index (Phi) is 4.91. The molecule has 1 aromatic heterocycles. The SMILES string of the molecule is CCCNCc1sc(-c2cc(Cl)ccc2F)nc1C. The van der Waals surface area contributed by atoms with Crippen LogP contribution in [-0.2, 0) is 6.54 Å². The molecule has 0 aliphatic carbocycles. The van der Waals surface area contributed by atoms with E-state index in [4.69, 9.17) is 11.6 Å². The average molecular weight is 299 g/mol. The van der Waals surface area contributed by atoms with Crippen molar-refractivity contribution in [3.63, 3.8) is 0 Å². The van der Waals surface area contributed by atoms with Gasteiger partial charge in [0.25, 0.3) is 0 Å². The first-order valence-electron chi connectivity index (χ1n) is 6.24. The van der Waals surface area contributed by atoms with Gasteiger partial charge in [-0.25, -0.2) is 9.37 Å². The Morgan fingerprint density at radius 2 is 2.21 bits per heavy atom. The maximum Gasteiger partial charge on any atom is 0.133 e. The van der Waals surface area contributed by atoms with Gasteiger partial charge >= 0.3 is 0 Å². The number of aryl methyl sites for hydroxylation is 1. The van der Waals surface area contributed by atoms with Gasteiger partial charge in [-0.1, -0.05) is 18.5 Å². The van der Waals surface area contributed by atoms with Crippen molar-refractivity contribution in [2.45, 2.75) is 26.8 Å². The summed E-state index contributed by atoms with van der Waals surface area (Å²) in [5.41, 5.74) is 1.42. The minimum Gasteiger partial charge on any atom is -0.312 e. The molecule has 0 saturated heterocycles. The Balaban J connectivity index is 2.26. The number of benzene rings is 1. The molecule has 5 heteroatoms. The highest BCUT2D eigenvalue weighted by molar-refractivity contribution is 7.15. The topological polar surface area (TPSA) is 24.9 Å². The largest absolute Gasteiger partial charge is 0.312 e. The molecule has 0 aliphatic heterocycles. The molecule has 0 atom stereocenters. The van der Waals surface area contributed by atoms with Crippen LogP contribution in [-0.4, -0.2) is 11.5 Å². The molecule has 102 valence electrons. The van der Waals surface area contributed by atoms with Crippen LogP contribution in [0.1, 0.15) is 23.9 Å². The summed E-state index contributed by atoms with van der Waals surface area (Å²) < 4.78 is 13.8. The van der Waals surface area contributed by atoms with Gasteiger partial charge in [-0.05, 0) is 38.1 Å². The van der Waals surface area contributed by atoms with Crippen molar-refractivity contribution in [2.24, 2.45) is 0 Å². The molecule has 0 fully saturated rings. The quantitative estimate of drug-likeness (QED) is 0.827. The minimum absolute atomic E-state index is 0.286. The van der Waals surface area contributed by atoms with Crippen molar-refractivity contribution in [3.05, 3.63) is 39.6 Å². The summed E-state index contributed by atoms with van der Waals surface area (Å²) in [6.07, 6.45) is 1.09. The molecule has 0 aliphatic rings. The number of aromatic nitrogens is 1. The van der Waals surface area contributed by atoms with Crippen LogP contribution in [0.15, 0.2) is 18.2 Å². The van der Waals surface area contributed by atoms with Gasteiger partial charge in [0.1, 0.15) is 10.8 Å². The van der Waals surface area contributed by atoms with Gasteiger partial charge in [-0.3, -0.25) is 0 Å². The van der Waals surface area contributed by atoms with E-state index in [-0.39, 0.29) is 5.82 Å². The van der Waals surface area contributed by atoms with E-state index in [0.717, 1.165) is 30.1 Å². The van der Waals surface area contributed by atoms with Crippen molar-refractivity contribution in [2.75, 3.05) is 6.54 Å². The fourth-order valence-corrected chi connectivity index (χ4v) is 2.97. The van der Waals surface area contributed by atoms with Crippen LogP contribution in [0.5, 0.6) is 0 Å². The van der Waals surface area contributed by atoms with Gasteiger partial charge < -0.3 is 5.32 Å². The second kappa shape index (κ2) is 6.46. The zero-order valence-electron chi connectivity index (χ0n) is 11.0. The smallest absolute Gasteiger partial charge is 0.133 e. The van der Waals surface area contributed by atoms with Gasteiger partial charge in [0, 0.05) is 22.0 Å². The van der Waals surface area contributed by atoms with Crippen LogP contribution in [0.25, 0.3) is 10.6 Å². The van der Waals surface area contributed by atoms with E-state index in [1.807, 2.05) is 6.92 Å². The number of nitrogens with zero attached hydrogens (tertiary/aromatic N) is 1. The summed E-state index contributed by atoms with van der Waals surface area (Å²) in [4.78, 5) is 5.58. The summed E-state index contributed by atoms with van der Waals surface area (Å²) in [6, 6.07) is 4.55. The number of rotatable bonds is 5. The van der Waals surface area contributed by atoms with Crippen molar-refractivity contribution in [1.82, 2.24) is 10.3 Å². The maximum atomic E-state index is 13.8. The average Bonchev–Trinajstić information content (AvgIpc) is 2.74. The van der Waals surface area contributed by atoms with Gasteiger partial charge in [-0.15, -0.1) is 11.3 Å². The van der Waals surface area contributed by atoms with E-state index in [2.05, 4.69) is 17.2 Å². The first-order chi connectivity index (χ1) is 9.11. The number of thiazole rings is 1. The molecule has 0 spiro atoms. The van der Waals surface area contributed by atoms with E-state index in [1.54, 1.807) is 12.1 Å². The Morgan fingerprint density at radius 3 is 2.95 bits per heavy atom. The van der Waals surface area contributed by atoms with Crippen LogP contribution < -0.4 is 5.32 Å². The molecule has 0 bridgehead atoms. The van der Waals surface area contributed by atoms with Crippen molar-refractivity contribution in [1.29, 1.82) is 0 Å². The van der Waals surface area contributed by atoms with Crippen LogP contribution in [0.2, 0.25) is 5.02 Å². The lowest BCUT2D eigenvalue weighted by Crippen LogP contribution is -2.13. The molecule has 0 amide bonds. The second-order valence-electron chi connectivity index (χ2n) is 4.33. The zero-order valence-corrected chi connectivity index (χ0v) is 12.5. The van der Waals surface area contributed by atoms with E-state index in [1.165, 1.54) is 17.4 Å². The van der Waals surface area contributed by atoms with E-state index >= 15 is 0 Å². The van der Waals surface area contributed by atoms with E-state index in [9.17, 15) is 4.39 Å². The molecule has 1 heterocycles.